The van der Waals surface area contributed by atoms with Crippen LogP contribution in [0.15, 0.2) is 79.5 Å². The highest BCUT2D eigenvalue weighted by Gasteiger charge is 2.29. The highest BCUT2D eigenvalue weighted by Crippen LogP contribution is 2.32. The van der Waals surface area contributed by atoms with E-state index in [0.717, 1.165) is 22.7 Å². The topological polar surface area (TPSA) is 188 Å². The minimum Gasteiger partial charge on any atom is -0.507 e. The van der Waals surface area contributed by atoms with E-state index < -0.39 is 22.3 Å². The number of nitrogens with zero attached hydrogens (tertiary/aromatic N) is 4. The quantitative estimate of drug-likeness (QED) is 0.352. The van der Waals surface area contributed by atoms with Gasteiger partial charge in [-0.3, -0.25) is 19.8 Å². The molecule has 4 aromatic rings. The van der Waals surface area contributed by atoms with Crippen LogP contribution >= 0.6 is 0 Å². The monoisotopic (exact) mass is 504 g/mol. The maximum absolute atomic E-state index is 13.4. The van der Waals surface area contributed by atoms with Crippen LogP contribution in [0.4, 0.5) is 5.82 Å². The number of Topliss-reactive ketones (excluding diaryl/α,β-unsaturated/α-hetero) is 1. The number of hydrogen-bond donors (Lipinski definition) is 3. The highest BCUT2D eigenvalue weighted by molar-refractivity contribution is 6.28. The molecule has 2 aromatic heterocycles. The SMILES string of the molecule is Cc1ccc2occ(-c3c(C#N)c4n(c(=O)c3C#N)NC=C(C(=O)c3ccccc3O)C(N)=N4)c(=O)c2c1. The van der Waals surface area contributed by atoms with E-state index >= 15 is 0 Å². The Hall–Kier alpha value is -5.94. The molecule has 0 unspecified atom stereocenters. The molecule has 0 spiro atoms. The summed E-state index contributed by atoms with van der Waals surface area (Å²) in [5, 5.41) is 30.3. The van der Waals surface area contributed by atoms with Gasteiger partial charge in [0, 0.05) is 11.8 Å². The molecule has 1 aliphatic rings. The number of phenols is 1. The lowest BCUT2D eigenvalue weighted by atomic mass is 9.96. The Labute approximate surface area is 213 Å². The Balaban J connectivity index is 1.78. The number of nitriles is 2. The van der Waals surface area contributed by atoms with Crippen LogP contribution in [-0.2, 0) is 0 Å². The highest BCUT2D eigenvalue weighted by atomic mass is 16.3. The number of aromatic hydroxyl groups is 1. The summed E-state index contributed by atoms with van der Waals surface area (Å²) in [6.07, 6.45) is 2.16. The van der Waals surface area contributed by atoms with Crippen molar-refractivity contribution < 1.29 is 14.3 Å². The summed E-state index contributed by atoms with van der Waals surface area (Å²) in [5.41, 5.74) is 6.67. The van der Waals surface area contributed by atoms with Gasteiger partial charge in [0.05, 0.1) is 22.1 Å². The maximum Gasteiger partial charge on any atom is 0.289 e. The van der Waals surface area contributed by atoms with Crippen molar-refractivity contribution in [3.8, 4) is 29.0 Å². The summed E-state index contributed by atoms with van der Waals surface area (Å²) in [6, 6.07) is 14.4. The van der Waals surface area contributed by atoms with Gasteiger partial charge in [0.15, 0.2) is 5.82 Å². The zero-order valence-electron chi connectivity index (χ0n) is 19.6. The first-order valence-electron chi connectivity index (χ1n) is 11.1. The third-order valence-electron chi connectivity index (χ3n) is 6.01. The third-order valence-corrected chi connectivity index (χ3v) is 6.01. The first kappa shape index (κ1) is 23.8. The summed E-state index contributed by atoms with van der Waals surface area (Å²) in [7, 11) is 0. The number of nitrogens with one attached hydrogen (secondary N) is 1. The van der Waals surface area contributed by atoms with Crippen LogP contribution in [0.5, 0.6) is 5.75 Å². The second kappa shape index (κ2) is 8.93. The second-order valence-corrected chi connectivity index (χ2v) is 8.32. The van der Waals surface area contributed by atoms with Gasteiger partial charge in [-0.05, 0) is 31.2 Å². The number of aryl methyl sites for hydroxylation is 1. The number of fused-ring (bicyclic) bond motifs is 2. The summed E-state index contributed by atoms with van der Waals surface area (Å²) in [5.74, 6) is -1.70. The molecule has 38 heavy (non-hydrogen) atoms. The van der Waals surface area contributed by atoms with E-state index in [1.54, 1.807) is 37.3 Å². The fourth-order valence-corrected chi connectivity index (χ4v) is 4.16. The van der Waals surface area contributed by atoms with Crippen LogP contribution in [-0.4, -0.2) is 21.4 Å². The summed E-state index contributed by atoms with van der Waals surface area (Å²) < 4.78 is 6.37. The molecule has 2 aromatic carbocycles. The van der Waals surface area contributed by atoms with Gasteiger partial charge < -0.3 is 15.3 Å². The molecule has 0 saturated heterocycles. The minimum absolute atomic E-state index is 0.0695. The lowest BCUT2D eigenvalue weighted by Crippen LogP contribution is -2.30. The van der Waals surface area contributed by atoms with E-state index in [-0.39, 0.29) is 56.2 Å². The standard InChI is InChI=1S/C27H16N6O5/c1-13-6-7-21-15(8-13)24(36)19(12-38-21)22-16(9-28)26-32-25(30)18(11-31-33(26)27(37)17(22)10-29)23(35)14-4-2-3-5-20(14)34/h2-8,11-12,31,34H,1H3,(H2,30,32). The van der Waals surface area contributed by atoms with E-state index in [1.165, 1.54) is 18.2 Å². The average Bonchev–Trinajstić information content (AvgIpc) is 3.08. The number of ketones is 1. The minimum atomic E-state index is -0.940. The van der Waals surface area contributed by atoms with Gasteiger partial charge in [0.1, 0.15) is 46.7 Å². The van der Waals surface area contributed by atoms with Crippen molar-refractivity contribution in [3.63, 3.8) is 0 Å². The summed E-state index contributed by atoms with van der Waals surface area (Å²) in [4.78, 5) is 44.0. The van der Waals surface area contributed by atoms with Crippen molar-refractivity contribution in [2.24, 2.45) is 10.7 Å². The van der Waals surface area contributed by atoms with Crippen LogP contribution < -0.4 is 22.1 Å². The van der Waals surface area contributed by atoms with Crippen molar-refractivity contribution in [2.45, 2.75) is 6.92 Å². The van der Waals surface area contributed by atoms with E-state index in [4.69, 9.17) is 10.2 Å². The summed E-state index contributed by atoms with van der Waals surface area (Å²) in [6.45, 7) is 1.78. The molecule has 1 aliphatic heterocycles. The molecule has 3 heterocycles. The van der Waals surface area contributed by atoms with E-state index in [9.17, 15) is 30.0 Å². The van der Waals surface area contributed by atoms with Crippen LogP contribution in [0.1, 0.15) is 27.0 Å². The fraction of sp³-hybridized carbons (Fsp3) is 0.0370. The van der Waals surface area contributed by atoms with Gasteiger partial charge in [-0.15, -0.1) is 0 Å². The zero-order valence-corrected chi connectivity index (χ0v) is 19.6. The van der Waals surface area contributed by atoms with Crippen LogP contribution in [0.25, 0.3) is 22.1 Å². The Morgan fingerprint density at radius 3 is 2.58 bits per heavy atom. The van der Waals surface area contributed by atoms with Crippen molar-refractivity contribution in [1.29, 1.82) is 10.5 Å². The fourth-order valence-electron chi connectivity index (χ4n) is 4.16. The molecular formula is C27H16N6O5. The van der Waals surface area contributed by atoms with E-state index in [0.29, 0.717) is 0 Å². The predicted octanol–water partition coefficient (Wildman–Crippen LogP) is 2.69. The lowest BCUT2D eigenvalue weighted by molar-refractivity contribution is 0.103. The van der Waals surface area contributed by atoms with E-state index in [2.05, 4.69) is 10.4 Å². The van der Waals surface area contributed by atoms with Gasteiger partial charge >= 0.3 is 0 Å². The number of amidine groups is 1. The van der Waals surface area contributed by atoms with Crippen LogP contribution in [0.2, 0.25) is 0 Å². The first-order chi connectivity index (χ1) is 18.3. The third kappa shape index (κ3) is 3.59. The molecule has 5 rings (SSSR count). The number of para-hydroxylation sites is 1. The van der Waals surface area contributed by atoms with Gasteiger partial charge in [0.2, 0.25) is 11.2 Å². The average molecular weight is 504 g/mol. The van der Waals surface area contributed by atoms with E-state index in [1.807, 2.05) is 6.07 Å². The molecule has 4 N–H and O–H groups in total. The Kier molecular flexibility index (Phi) is 5.59. The molecule has 11 heteroatoms. The first-order valence-corrected chi connectivity index (χ1v) is 11.1. The predicted molar refractivity (Wildman–Crippen MR) is 138 cm³/mol. The molecule has 11 nitrogen and oxygen atoms in total. The molecule has 0 saturated carbocycles. The Morgan fingerprint density at radius 2 is 1.87 bits per heavy atom. The van der Waals surface area contributed by atoms with Crippen LogP contribution in [0, 0.1) is 29.6 Å². The van der Waals surface area contributed by atoms with Gasteiger partial charge in [-0.1, -0.05) is 23.8 Å². The number of phenolic OH excluding ortho intramolecular Hbond substituents is 1. The van der Waals surface area contributed by atoms with Crippen molar-refractivity contribution in [3.05, 3.63) is 103 Å². The normalized spacial score (nSPS) is 12.3. The molecule has 0 atom stereocenters. The lowest BCUT2D eigenvalue weighted by Gasteiger charge is -2.14. The number of carbonyl (C=O) groups is 1. The smallest absolute Gasteiger partial charge is 0.289 e. The molecule has 0 amide bonds. The molecule has 0 radical (unpaired) electrons. The number of hydrogen-bond acceptors (Lipinski definition) is 10. The second-order valence-electron chi connectivity index (χ2n) is 8.32. The molecule has 0 aliphatic carbocycles. The number of nitrogens with two attached hydrogens (primary N) is 1. The van der Waals surface area contributed by atoms with Crippen molar-refractivity contribution in [2.75, 3.05) is 5.43 Å². The molecular weight excluding hydrogens is 488 g/mol. The number of rotatable bonds is 3. The number of carbonyl (C=O) groups excluding carboxylic acids is 1. The number of aliphatic imine (C=N–C) groups is 1. The van der Waals surface area contributed by atoms with Gasteiger partial charge in [0.25, 0.3) is 5.56 Å². The largest absolute Gasteiger partial charge is 0.507 e. The van der Waals surface area contributed by atoms with Crippen LogP contribution in [0.3, 0.4) is 0 Å². The maximum atomic E-state index is 13.4. The Morgan fingerprint density at radius 1 is 1.13 bits per heavy atom. The number of pyridine rings is 1. The number of aromatic nitrogens is 1. The van der Waals surface area contributed by atoms with Gasteiger partial charge in [-0.2, -0.15) is 15.2 Å². The molecule has 0 fully saturated rings. The van der Waals surface area contributed by atoms with Crippen molar-refractivity contribution >= 4 is 28.4 Å². The molecule has 184 valence electrons. The van der Waals surface area contributed by atoms with Gasteiger partial charge in [-0.25, -0.2) is 4.99 Å². The zero-order chi connectivity index (χ0) is 27.1. The Bertz CT molecular complexity index is 1970. The van der Waals surface area contributed by atoms with Crippen molar-refractivity contribution in [1.82, 2.24) is 4.68 Å². The molecule has 0 bridgehead atoms. The number of benzene rings is 2. The summed E-state index contributed by atoms with van der Waals surface area (Å²) >= 11 is 0.